The van der Waals surface area contributed by atoms with E-state index in [4.69, 9.17) is 0 Å². The Kier molecular flexibility index (Phi) is 4.62. The van der Waals surface area contributed by atoms with Crippen molar-refractivity contribution in [2.75, 3.05) is 6.26 Å². The van der Waals surface area contributed by atoms with Crippen LogP contribution in [0.5, 0.6) is 0 Å². The fraction of sp³-hybridized carbons (Fsp3) is 0.529. The van der Waals surface area contributed by atoms with E-state index >= 15 is 0 Å². The van der Waals surface area contributed by atoms with Gasteiger partial charge < -0.3 is 5.32 Å². The van der Waals surface area contributed by atoms with Gasteiger partial charge in [-0.2, -0.15) is 5.10 Å². The zero-order chi connectivity index (χ0) is 17.4. The molecule has 2 heterocycles. The first-order valence-corrected chi connectivity index (χ1v) is 9.36. The Balaban J connectivity index is 1.85. The van der Waals surface area contributed by atoms with Gasteiger partial charge in [0.2, 0.25) is 0 Å². The molecule has 1 atom stereocenters. The molecule has 0 radical (unpaired) electrons. The highest BCUT2D eigenvalue weighted by Gasteiger charge is 2.29. The van der Waals surface area contributed by atoms with E-state index in [1.807, 2.05) is 40.3 Å². The van der Waals surface area contributed by atoms with E-state index in [2.05, 4.69) is 20.4 Å². The summed E-state index contributed by atoms with van der Waals surface area (Å²) in [7, 11) is 1.88. The zero-order valence-electron chi connectivity index (χ0n) is 14.8. The predicted octanol–water partition coefficient (Wildman–Crippen LogP) is 2.92. The van der Waals surface area contributed by atoms with Crippen molar-refractivity contribution in [2.45, 2.75) is 50.6 Å². The fourth-order valence-electron chi connectivity index (χ4n) is 2.89. The second kappa shape index (κ2) is 6.55. The van der Waals surface area contributed by atoms with Gasteiger partial charge in [0.25, 0.3) is 5.91 Å². The first-order valence-electron chi connectivity index (χ1n) is 8.14. The van der Waals surface area contributed by atoms with Gasteiger partial charge >= 0.3 is 0 Å². The van der Waals surface area contributed by atoms with Gasteiger partial charge in [0.05, 0.1) is 23.0 Å². The fourth-order valence-corrected chi connectivity index (χ4v) is 3.52. The minimum atomic E-state index is -0.130. The summed E-state index contributed by atoms with van der Waals surface area (Å²) < 4.78 is 1.76. The molecule has 7 heteroatoms. The van der Waals surface area contributed by atoms with Crippen molar-refractivity contribution in [1.82, 2.24) is 25.1 Å². The summed E-state index contributed by atoms with van der Waals surface area (Å²) in [5.41, 5.74) is 3.28. The van der Waals surface area contributed by atoms with E-state index in [9.17, 15) is 4.79 Å². The van der Waals surface area contributed by atoms with Gasteiger partial charge in [-0.05, 0) is 39.9 Å². The van der Waals surface area contributed by atoms with Crippen LogP contribution in [0, 0.1) is 13.8 Å². The molecule has 1 aliphatic carbocycles. The monoisotopic (exact) mass is 345 g/mol. The Hall–Kier alpha value is -1.89. The van der Waals surface area contributed by atoms with Crippen LogP contribution in [-0.2, 0) is 7.05 Å². The summed E-state index contributed by atoms with van der Waals surface area (Å²) in [6.07, 6.45) is 6.19. The maximum absolute atomic E-state index is 12.8. The van der Waals surface area contributed by atoms with Crippen LogP contribution in [0.25, 0.3) is 0 Å². The van der Waals surface area contributed by atoms with Crippen LogP contribution in [0.3, 0.4) is 0 Å². The molecule has 1 fully saturated rings. The van der Waals surface area contributed by atoms with E-state index < -0.39 is 0 Å². The normalized spacial score (nSPS) is 15.4. The van der Waals surface area contributed by atoms with Crippen molar-refractivity contribution >= 4 is 17.7 Å². The van der Waals surface area contributed by atoms with Crippen molar-refractivity contribution < 1.29 is 4.79 Å². The van der Waals surface area contributed by atoms with Crippen molar-refractivity contribution in [1.29, 1.82) is 0 Å². The first-order chi connectivity index (χ1) is 11.4. The van der Waals surface area contributed by atoms with Gasteiger partial charge in [-0.3, -0.25) is 9.48 Å². The van der Waals surface area contributed by atoms with Crippen LogP contribution >= 0.6 is 11.8 Å². The van der Waals surface area contributed by atoms with E-state index in [1.54, 1.807) is 4.68 Å². The van der Waals surface area contributed by atoms with Crippen LogP contribution in [0.15, 0.2) is 11.2 Å². The lowest BCUT2D eigenvalue weighted by Gasteiger charge is -2.16. The number of thioether (sulfide) groups is 1. The van der Waals surface area contributed by atoms with Crippen molar-refractivity contribution in [3.05, 3.63) is 34.5 Å². The van der Waals surface area contributed by atoms with Crippen LogP contribution in [0.2, 0.25) is 0 Å². The Labute approximate surface area is 146 Å². The van der Waals surface area contributed by atoms with E-state index in [-0.39, 0.29) is 11.9 Å². The summed E-state index contributed by atoms with van der Waals surface area (Å²) in [5, 5.41) is 8.16. The Morgan fingerprint density at radius 2 is 2.04 bits per heavy atom. The van der Waals surface area contributed by atoms with Crippen molar-refractivity contribution in [3.8, 4) is 0 Å². The maximum atomic E-state index is 12.8. The largest absolute Gasteiger partial charge is 0.345 e. The predicted molar refractivity (Wildman–Crippen MR) is 94.4 cm³/mol. The lowest BCUT2D eigenvalue weighted by Crippen LogP contribution is -2.29. The third-order valence-electron chi connectivity index (χ3n) is 4.30. The molecule has 1 amide bonds. The van der Waals surface area contributed by atoms with E-state index in [0.717, 1.165) is 40.6 Å². The van der Waals surface area contributed by atoms with Gasteiger partial charge in [-0.15, -0.1) is 11.8 Å². The quantitative estimate of drug-likeness (QED) is 0.666. The van der Waals surface area contributed by atoms with E-state index in [0.29, 0.717) is 11.5 Å². The minimum Gasteiger partial charge on any atom is -0.345 e. The van der Waals surface area contributed by atoms with Crippen molar-refractivity contribution in [3.63, 3.8) is 0 Å². The van der Waals surface area contributed by atoms with Crippen LogP contribution in [0.1, 0.15) is 64.9 Å². The third kappa shape index (κ3) is 3.31. The van der Waals surface area contributed by atoms with Gasteiger partial charge in [0, 0.05) is 24.7 Å². The SMILES string of the molecule is CSc1nc(C2CC2)nc(C)c1C(=O)N[C@H](C)c1cn(C)nc1C. The second-order valence-corrected chi connectivity index (χ2v) is 7.16. The Morgan fingerprint density at radius 3 is 2.58 bits per heavy atom. The third-order valence-corrected chi connectivity index (χ3v) is 4.98. The number of rotatable bonds is 5. The summed E-state index contributed by atoms with van der Waals surface area (Å²) >= 11 is 1.50. The van der Waals surface area contributed by atoms with Crippen LogP contribution in [0.4, 0.5) is 0 Å². The van der Waals surface area contributed by atoms with Gasteiger partial charge in [0.1, 0.15) is 10.9 Å². The Morgan fingerprint density at radius 1 is 1.33 bits per heavy atom. The van der Waals surface area contributed by atoms with Gasteiger partial charge in [0.15, 0.2) is 0 Å². The molecule has 0 bridgehead atoms. The highest BCUT2D eigenvalue weighted by Crippen LogP contribution is 2.39. The maximum Gasteiger partial charge on any atom is 0.256 e. The number of nitrogens with zero attached hydrogens (tertiary/aromatic N) is 4. The molecule has 24 heavy (non-hydrogen) atoms. The molecule has 1 saturated carbocycles. The van der Waals surface area contributed by atoms with Crippen LogP contribution in [-0.4, -0.2) is 31.9 Å². The number of aromatic nitrogens is 4. The molecule has 0 saturated heterocycles. The smallest absolute Gasteiger partial charge is 0.256 e. The minimum absolute atomic E-state index is 0.122. The number of hydrogen-bond acceptors (Lipinski definition) is 5. The molecular weight excluding hydrogens is 322 g/mol. The number of aryl methyl sites for hydroxylation is 3. The molecule has 0 spiro atoms. The number of carbonyl (C=O) groups is 1. The van der Waals surface area contributed by atoms with Gasteiger partial charge in [-0.25, -0.2) is 9.97 Å². The molecule has 128 valence electrons. The Bertz CT molecular complexity index is 782. The van der Waals surface area contributed by atoms with E-state index in [1.165, 1.54) is 11.8 Å². The first kappa shape index (κ1) is 17.0. The van der Waals surface area contributed by atoms with Crippen molar-refractivity contribution in [2.24, 2.45) is 7.05 Å². The molecular formula is C17H23N5OS. The molecule has 6 nitrogen and oxygen atoms in total. The molecule has 0 aromatic carbocycles. The highest BCUT2D eigenvalue weighted by atomic mass is 32.2. The number of amides is 1. The number of carbonyl (C=O) groups excluding carboxylic acids is 1. The number of hydrogen-bond donors (Lipinski definition) is 1. The molecule has 2 aromatic rings. The topological polar surface area (TPSA) is 72.7 Å². The lowest BCUT2D eigenvalue weighted by atomic mass is 10.1. The summed E-state index contributed by atoms with van der Waals surface area (Å²) in [6.45, 7) is 5.81. The molecule has 1 N–H and O–H groups in total. The second-order valence-electron chi connectivity index (χ2n) is 6.36. The molecule has 0 aliphatic heterocycles. The lowest BCUT2D eigenvalue weighted by molar-refractivity contribution is 0.0935. The van der Waals surface area contributed by atoms with Gasteiger partial charge in [-0.1, -0.05) is 0 Å². The zero-order valence-corrected chi connectivity index (χ0v) is 15.6. The summed E-state index contributed by atoms with van der Waals surface area (Å²) in [6, 6.07) is -0.122. The highest BCUT2D eigenvalue weighted by molar-refractivity contribution is 7.98. The molecule has 0 unspecified atom stereocenters. The molecule has 3 rings (SSSR count). The molecule has 1 aliphatic rings. The number of nitrogens with one attached hydrogen (secondary N) is 1. The standard InChI is InChI=1S/C17H23N5OS/c1-9(13-8-22(4)21-10(13)2)19-16(23)14-11(3)18-15(12-6-7-12)20-17(14)24-5/h8-9,12H,6-7H2,1-5H3,(H,19,23)/t9-/m1/s1. The van der Waals surface area contributed by atoms with Crippen LogP contribution < -0.4 is 5.32 Å². The molecule has 2 aromatic heterocycles. The average molecular weight is 345 g/mol. The summed E-state index contributed by atoms with van der Waals surface area (Å²) in [5.74, 6) is 1.23. The summed E-state index contributed by atoms with van der Waals surface area (Å²) in [4.78, 5) is 22.0. The average Bonchev–Trinajstić information content (AvgIpc) is 3.31.